The van der Waals surface area contributed by atoms with Gasteiger partial charge in [0.25, 0.3) is 0 Å². The number of benzene rings is 1. The zero-order valence-electron chi connectivity index (χ0n) is 17.6. The van der Waals surface area contributed by atoms with Gasteiger partial charge in [0, 0.05) is 19.1 Å². The van der Waals surface area contributed by atoms with Gasteiger partial charge in [0.15, 0.2) is 0 Å². The number of methoxy groups -OCH3 is 1. The van der Waals surface area contributed by atoms with Crippen molar-refractivity contribution in [3.63, 3.8) is 0 Å². The highest BCUT2D eigenvalue weighted by Gasteiger charge is 2.44. The summed E-state index contributed by atoms with van der Waals surface area (Å²) < 4.78 is 22.3. The van der Waals surface area contributed by atoms with Crippen LogP contribution >= 0.6 is 6.72 Å². The standard InChI is InChI=1S/C21H31O6PS/c1-15-13-17(11-12-18(22)25-14-16-9-7-6-8-10-16)20(19(15)24-5)26-28(23,29)27-21(2,3)4/h6-12,15,17,19-20H,13-14H2,1-5H3,(H,23,29)/b12-11+/t15-,17-,19+,20?,28?/m0/s1. The molecule has 2 rings (SSSR count). The molecular weight excluding hydrogens is 411 g/mol. The van der Waals surface area contributed by atoms with Crippen LogP contribution in [0.15, 0.2) is 42.5 Å². The fourth-order valence-corrected chi connectivity index (χ4v) is 5.75. The van der Waals surface area contributed by atoms with Gasteiger partial charge in [0.2, 0.25) is 0 Å². The van der Waals surface area contributed by atoms with Gasteiger partial charge < -0.3 is 23.4 Å². The molecule has 0 bridgehead atoms. The van der Waals surface area contributed by atoms with Crippen molar-refractivity contribution in [2.75, 3.05) is 7.11 Å². The number of hydrogen-bond acceptors (Lipinski definition) is 6. The molecule has 29 heavy (non-hydrogen) atoms. The summed E-state index contributed by atoms with van der Waals surface area (Å²) in [4.78, 5) is 22.6. The molecule has 2 unspecified atom stereocenters. The highest BCUT2D eigenvalue weighted by atomic mass is 32.5. The van der Waals surface area contributed by atoms with Gasteiger partial charge in [-0.3, -0.25) is 0 Å². The van der Waals surface area contributed by atoms with Crippen molar-refractivity contribution < 1.29 is 28.2 Å². The smallest absolute Gasteiger partial charge is 0.330 e. The summed E-state index contributed by atoms with van der Waals surface area (Å²) in [5.41, 5.74) is 0.286. The Morgan fingerprint density at radius 3 is 2.52 bits per heavy atom. The number of carbonyl (C=O) groups is 1. The summed E-state index contributed by atoms with van der Waals surface area (Å²) in [6, 6.07) is 9.48. The normalized spacial score (nSPS) is 27.1. The molecule has 5 atom stereocenters. The van der Waals surface area contributed by atoms with E-state index >= 15 is 0 Å². The van der Waals surface area contributed by atoms with Crippen LogP contribution in [0.25, 0.3) is 0 Å². The van der Waals surface area contributed by atoms with Crippen molar-refractivity contribution >= 4 is 24.5 Å². The van der Waals surface area contributed by atoms with E-state index in [9.17, 15) is 9.69 Å². The first-order valence-electron chi connectivity index (χ1n) is 9.64. The molecular formula is C21H31O6PS. The molecule has 0 aromatic heterocycles. The van der Waals surface area contributed by atoms with Crippen molar-refractivity contribution in [3.8, 4) is 0 Å². The Hall–Kier alpha value is -1.08. The Bertz CT molecular complexity index is 745. The van der Waals surface area contributed by atoms with Gasteiger partial charge in [-0.25, -0.2) is 4.79 Å². The van der Waals surface area contributed by atoms with E-state index in [1.54, 1.807) is 34.0 Å². The summed E-state index contributed by atoms with van der Waals surface area (Å²) in [6.07, 6.45) is 3.12. The second kappa shape index (κ2) is 10.3. The summed E-state index contributed by atoms with van der Waals surface area (Å²) >= 11 is 5.20. The maximum atomic E-state index is 12.1. The average Bonchev–Trinajstić information content (AvgIpc) is 2.90. The van der Waals surface area contributed by atoms with Crippen LogP contribution in [0.4, 0.5) is 0 Å². The van der Waals surface area contributed by atoms with Gasteiger partial charge in [-0.15, -0.1) is 0 Å². The molecule has 0 radical (unpaired) electrons. The van der Waals surface area contributed by atoms with E-state index in [1.165, 1.54) is 6.08 Å². The molecule has 1 saturated carbocycles. The van der Waals surface area contributed by atoms with E-state index in [2.05, 4.69) is 0 Å². The summed E-state index contributed by atoms with van der Waals surface area (Å²) in [6.45, 7) is 4.19. The maximum absolute atomic E-state index is 12.1. The Morgan fingerprint density at radius 1 is 1.28 bits per heavy atom. The third kappa shape index (κ3) is 7.93. The molecule has 1 aliphatic carbocycles. The molecule has 162 valence electrons. The number of rotatable bonds is 8. The third-order valence-corrected chi connectivity index (χ3v) is 6.34. The van der Waals surface area contributed by atoms with Gasteiger partial charge in [-0.1, -0.05) is 43.3 Å². The topological polar surface area (TPSA) is 74.2 Å². The van der Waals surface area contributed by atoms with Crippen LogP contribution in [-0.4, -0.2) is 35.8 Å². The fourth-order valence-electron chi connectivity index (χ4n) is 3.46. The molecule has 6 nitrogen and oxygen atoms in total. The average molecular weight is 443 g/mol. The first-order valence-corrected chi connectivity index (χ1v) is 12.2. The van der Waals surface area contributed by atoms with Gasteiger partial charge in [-0.2, -0.15) is 0 Å². The second-order valence-electron chi connectivity index (χ2n) is 8.27. The molecule has 8 heteroatoms. The zero-order valence-corrected chi connectivity index (χ0v) is 19.3. The van der Waals surface area contributed by atoms with E-state index < -0.39 is 24.4 Å². The molecule has 0 spiro atoms. The molecule has 1 aromatic carbocycles. The van der Waals surface area contributed by atoms with Crippen LogP contribution in [-0.2, 0) is 41.7 Å². The molecule has 0 amide bonds. The van der Waals surface area contributed by atoms with E-state index in [-0.39, 0.29) is 24.5 Å². The number of carbonyl (C=O) groups excluding carboxylic acids is 1. The zero-order chi connectivity index (χ0) is 21.7. The van der Waals surface area contributed by atoms with Crippen molar-refractivity contribution in [1.82, 2.24) is 0 Å². The summed E-state index contributed by atoms with van der Waals surface area (Å²) in [5, 5.41) is 0. The van der Waals surface area contributed by atoms with Crippen LogP contribution in [0.2, 0.25) is 0 Å². The third-order valence-electron chi connectivity index (χ3n) is 4.57. The van der Waals surface area contributed by atoms with Crippen molar-refractivity contribution in [1.29, 1.82) is 0 Å². The minimum atomic E-state index is -3.47. The van der Waals surface area contributed by atoms with Gasteiger partial charge in [0.1, 0.15) is 6.61 Å². The fraction of sp³-hybridized carbons (Fsp3) is 0.571. The van der Waals surface area contributed by atoms with Gasteiger partial charge in [-0.05, 0) is 50.5 Å². The molecule has 1 aliphatic rings. The second-order valence-corrected chi connectivity index (χ2v) is 11.0. The van der Waals surface area contributed by atoms with Crippen molar-refractivity contribution in [3.05, 3.63) is 48.0 Å². The van der Waals surface area contributed by atoms with Gasteiger partial charge >= 0.3 is 12.7 Å². The minimum absolute atomic E-state index is 0.155. The SMILES string of the molecule is CO[C@H]1C(OP(O)(=S)OC(C)(C)C)[C@@H](/C=C/C(=O)OCc2ccccc2)C[C@@H]1C. The van der Waals surface area contributed by atoms with Crippen LogP contribution in [0.1, 0.15) is 39.7 Å². The molecule has 0 saturated heterocycles. The molecule has 0 heterocycles. The van der Waals surface area contributed by atoms with Gasteiger partial charge in [0.05, 0.1) is 17.8 Å². The Balaban J connectivity index is 2.03. The van der Waals surface area contributed by atoms with Crippen LogP contribution in [0.3, 0.4) is 0 Å². The lowest BCUT2D eigenvalue weighted by atomic mass is 10.0. The Morgan fingerprint density at radius 2 is 1.93 bits per heavy atom. The van der Waals surface area contributed by atoms with Crippen LogP contribution in [0.5, 0.6) is 0 Å². The van der Waals surface area contributed by atoms with Crippen molar-refractivity contribution in [2.45, 2.75) is 58.5 Å². The quantitative estimate of drug-likeness (QED) is 0.364. The van der Waals surface area contributed by atoms with Crippen LogP contribution < -0.4 is 0 Å². The highest BCUT2D eigenvalue weighted by molar-refractivity contribution is 8.07. The lowest BCUT2D eigenvalue weighted by Gasteiger charge is -2.31. The van der Waals surface area contributed by atoms with E-state index in [0.717, 1.165) is 12.0 Å². The molecule has 1 N–H and O–H groups in total. The lowest BCUT2D eigenvalue weighted by molar-refractivity contribution is -0.139. The molecule has 1 aromatic rings. The highest BCUT2D eigenvalue weighted by Crippen LogP contribution is 2.52. The first kappa shape index (κ1) is 24.2. The number of ether oxygens (including phenoxy) is 2. The van der Waals surface area contributed by atoms with Crippen LogP contribution in [0, 0.1) is 11.8 Å². The van der Waals surface area contributed by atoms with E-state index in [1.807, 2.05) is 37.3 Å². The first-order chi connectivity index (χ1) is 13.5. The monoisotopic (exact) mass is 442 g/mol. The number of hydrogen-bond donors (Lipinski definition) is 1. The largest absolute Gasteiger partial charge is 0.458 e. The Labute approximate surface area is 178 Å². The van der Waals surface area contributed by atoms with Crippen molar-refractivity contribution in [2.24, 2.45) is 11.8 Å². The van der Waals surface area contributed by atoms with E-state index in [0.29, 0.717) is 0 Å². The summed E-state index contributed by atoms with van der Waals surface area (Å²) in [7, 11) is 1.60. The predicted octanol–water partition coefficient (Wildman–Crippen LogP) is 4.37. The number of esters is 1. The van der Waals surface area contributed by atoms with E-state index in [4.69, 9.17) is 30.3 Å². The minimum Gasteiger partial charge on any atom is -0.458 e. The molecule has 0 aliphatic heterocycles. The summed E-state index contributed by atoms with van der Waals surface area (Å²) in [5.74, 6) is -0.419. The molecule has 1 fully saturated rings. The lowest BCUT2D eigenvalue weighted by Crippen LogP contribution is -2.32. The maximum Gasteiger partial charge on any atom is 0.330 e. The Kier molecular flexibility index (Phi) is 8.59. The predicted molar refractivity (Wildman–Crippen MR) is 116 cm³/mol.